The Kier molecular flexibility index (Phi) is 4.79. The molecule has 3 heteroatoms. The molecule has 1 atom stereocenters. The molecule has 0 bridgehead atoms. The van der Waals surface area contributed by atoms with Gasteiger partial charge in [0.1, 0.15) is 0 Å². The van der Waals surface area contributed by atoms with Gasteiger partial charge in [-0.1, -0.05) is 32.6 Å². The number of nitrogens with zero attached hydrogens (tertiary/aromatic N) is 1. The Hall–Kier alpha value is -0.860. The average Bonchev–Trinajstić information content (AvgIpc) is 2.53. The minimum Gasteiger partial charge on any atom is -0.280 e. The van der Waals surface area contributed by atoms with Crippen LogP contribution in [0.5, 0.6) is 0 Å². The van der Waals surface area contributed by atoms with E-state index in [1.54, 1.807) is 0 Å². The molecule has 86 valence electrons. The Morgan fingerprint density at radius 1 is 1.13 bits per heavy atom. The SMILES string of the molecule is CCCCCCC(C)N1C(=O)CCC1=O. The Morgan fingerprint density at radius 3 is 2.27 bits per heavy atom. The van der Waals surface area contributed by atoms with Gasteiger partial charge < -0.3 is 0 Å². The van der Waals surface area contributed by atoms with E-state index in [4.69, 9.17) is 0 Å². The molecule has 1 aliphatic heterocycles. The molecule has 0 N–H and O–H groups in total. The number of carbonyl (C=O) groups is 2. The van der Waals surface area contributed by atoms with E-state index in [0.717, 1.165) is 12.8 Å². The fourth-order valence-electron chi connectivity index (χ4n) is 2.08. The summed E-state index contributed by atoms with van der Waals surface area (Å²) in [5.74, 6) is 0.0333. The molecule has 0 radical (unpaired) electrons. The van der Waals surface area contributed by atoms with Crippen LogP contribution in [0, 0.1) is 0 Å². The summed E-state index contributed by atoms with van der Waals surface area (Å²) in [6.45, 7) is 4.16. The molecule has 0 aromatic heterocycles. The molecule has 1 rings (SSSR count). The van der Waals surface area contributed by atoms with Gasteiger partial charge in [-0.3, -0.25) is 14.5 Å². The van der Waals surface area contributed by atoms with Crippen molar-refractivity contribution in [3.63, 3.8) is 0 Å². The van der Waals surface area contributed by atoms with Crippen molar-refractivity contribution < 1.29 is 9.59 Å². The van der Waals surface area contributed by atoms with Gasteiger partial charge in [-0.15, -0.1) is 0 Å². The Bertz CT molecular complexity index is 222. The van der Waals surface area contributed by atoms with Crippen LogP contribution in [0.3, 0.4) is 0 Å². The number of likely N-dealkylation sites (tertiary alicyclic amines) is 1. The minimum absolute atomic E-state index is 0.0167. The van der Waals surface area contributed by atoms with Crippen LogP contribution in [0.2, 0.25) is 0 Å². The fraction of sp³-hybridized carbons (Fsp3) is 0.833. The first-order valence-electron chi connectivity index (χ1n) is 6.01. The van der Waals surface area contributed by atoms with Gasteiger partial charge in [-0.2, -0.15) is 0 Å². The molecule has 0 spiro atoms. The van der Waals surface area contributed by atoms with Crippen LogP contribution < -0.4 is 0 Å². The highest BCUT2D eigenvalue weighted by molar-refractivity contribution is 6.02. The zero-order chi connectivity index (χ0) is 11.3. The molecule has 0 aromatic rings. The number of unbranched alkanes of at least 4 members (excludes halogenated alkanes) is 3. The van der Waals surface area contributed by atoms with Crippen LogP contribution in [0.25, 0.3) is 0 Å². The number of imide groups is 1. The second-order valence-corrected chi connectivity index (χ2v) is 4.36. The predicted octanol–water partition coefficient (Wildman–Crippen LogP) is 2.49. The number of carbonyl (C=O) groups excluding carboxylic acids is 2. The molecule has 1 unspecified atom stereocenters. The van der Waals surface area contributed by atoms with Gasteiger partial charge in [-0.05, 0) is 13.3 Å². The van der Waals surface area contributed by atoms with E-state index in [0.29, 0.717) is 12.8 Å². The number of rotatable bonds is 6. The normalized spacial score (nSPS) is 18.7. The van der Waals surface area contributed by atoms with Crippen molar-refractivity contribution in [2.24, 2.45) is 0 Å². The van der Waals surface area contributed by atoms with Crippen LogP contribution in [-0.4, -0.2) is 22.8 Å². The first kappa shape index (κ1) is 12.2. The lowest BCUT2D eigenvalue weighted by Gasteiger charge is -2.22. The van der Waals surface area contributed by atoms with Crippen molar-refractivity contribution >= 4 is 11.8 Å². The summed E-state index contributed by atoms with van der Waals surface area (Å²) in [7, 11) is 0. The lowest BCUT2D eigenvalue weighted by atomic mass is 10.1. The maximum atomic E-state index is 11.4. The van der Waals surface area contributed by atoms with Crippen molar-refractivity contribution in [1.29, 1.82) is 0 Å². The third kappa shape index (κ3) is 3.33. The molecule has 0 aliphatic carbocycles. The van der Waals surface area contributed by atoms with Crippen molar-refractivity contribution in [2.75, 3.05) is 0 Å². The van der Waals surface area contributed by atoms with Gasteiger partial charge in [0.05, 0.1) is 0 Å². The van der Waals surface area contributed by atoms with Crippen LogP contribution in [0.4, 0.5) is 0 Å². The molecule has 3 nitrogen and oxygen atoms in total. The summed E-state index contributed by atoms with van der Waals surface area (Å²) < 4.78 is 0. The fourth-order valence-corrected chi connectivity index (χ4v) is 2.08. The maximum Gasteiger partial charge on any atom is 0.229 e. The molecule has 1 aliphatic rings. The molecule has 0 aromatic carbocycles. The third-order valence-electron chi connectivity index (χ3n) is 3.01. The van der Waals surface area contributed by atoms with Gasteiger partial charge in [-0.25, -0.2) is 0 Å². The first-order valence-corrected chi connectivity index (χ1v) is 6.01. The topological polar surface area (TPSA) is 37.4 Å². The zero-order valence-electron chi connectivity index (χ0n) is 9.79. The van der Waals surface area contributed by atoms with Gasteiger partial charge >= 0.3 is 0 Å². The summed E-state index contributed by atoms with van der Waals surface area (Å²) in [6, 6.07) is 0.101. The lowest BCUT2D eigenvalue weighted by molar-refractivity contribution is -0.140. The van der Waals surface area contributed by atoms with Crippen molar-refractivity contribution in [2.45, 2.75) is 64.8 Å². The van der Waals surface area contributed by atoms with Crippen molar-refractivity contribution in [3.8, 4) is 0 Å². The third-order valence-corrected chi connectivity index (χ3v) is 3.01. The maximum absolute atomic E-state index is 11.4. The Labute approximate surface area is 91.8 Å². The largest absolute Gasteiger partial charge is 0.280 e. The Morgan fingerprint density at radius 2 is 1.73 bits per heavy atom. The first-order chi connectivity index (χ1) is 7.16. The highest BCUT2D eigenvalue weighted by atomic mass is 16.2. The summed E-state index contributed by atoms with van der Waals surface area (Å²) in [6.07, 6.45) is 6.57. The van der Waals surface area contributed by atoms with E-state index in [1.807, 2.05) is 6.92 Å². The smallest absolute Gasteiger partial charge is 0.229 e. The monoisotopic (exact) mass is 211 g/mol. The number of amides is 2. The molecule has 0 saturated carbocycles. The van der Waals surface area contributed by atoms with Crippen LogP contribution in [0.1, 0.15) is 58.8 Å². The number of hydrogen-bond acceptors (Lipinski definition) is 2. The highest BCUT2D eigenvalue weighted by Crippen LogP contribution is 2.19. The van der Waals surface area contributed by atoms with E-state index >= 15 is 0 Å². The zero-order valence-corrected chi connectivity index (χ0v) is 9.79. The second-order valence-electron chi connectivity index (χ2n) is 4.36. The van der Waals surface area contributed by atoms with E-state index < -0.39 is 0 Å². The average molecular weight is 211 g/mol. The molecule has 15 heavy (non-hydrogen) atoms. The Balaban J connectivity index is 2.29. The summed E-state index contributed by atoms with van der Waals surface area (Å²) in [4.78, 5) is 24.3. The predicted molar refractivity (Wildman–Crippen MR) is 59.3 cm³/mol. The van der Waals surface area contributed by atoms with Crippen LogP contribution in [0.15, 0.2) is 0 Å². The summed E-state index contributed by atoms with van der Waals surface area (Å²) in [5.41, 5.74) is 0. The number of hydrogen-bond donors (Lipinski definition) is 0. The molecular weight excluding hydrogens is 190 g/mol. The lowest BCUT2D eigenvalue weighted by Crippen LogP contribution is -2.37. The van der Waals surface area contributed by atoms with Gasteiger partial charge in [0.2, 0.25) is 11.8 Å². The summed E-state index contributed by atoms with van der Waals surface area (Å²) in [5, 5.41) is 0. The van der Waals surface area contributed by atoms with Crippen LogP contribution in [-0.2, 0) is 9.59 Å². The molecular formula is C12H21NO2. The standard InChI is InChI=1S/C12H21NO2/c1-3-4-5-6-7-10(2)13-11(14)8-9-12(13)15/h10H,3-9H2,1-2H3. The van der Waals surface area contributed by atoms with Gasteiger partial charge in [0.25, 0.3) is 0 Å². The summed E-state index contributed by atoms with van der Waals surface area (Å²) >= 11 is 0. The van der Waals surface area contributed by atoms with Crippen LogP contribution >= 0.6 is 0 Å². The van der Waals surface area contributed by atoms with Gasteiger partial charge in [0.15, 0.2) is 0 Å². The molecule has 1 saturated heterocycles. The van der Waals surface area contributed by atoms with E-state index in [-0.39, 0.29) is 17.9 Å². The van der Waals surface area contributed by atoms with E-state index in [2.05, 4.69) is 6.92 Å². The quantitative estimate of drug-likeness (QED) is 0.500. The minimum atomic E-state index is 0.0167. The van der Waals surface area contributed by atoms with Gasteiger partial charge in [0, 0.05) is 18.9 Å². The van der Waals surface area contributed by atoms with Crippen molar-refractivity contribution in [1.82, 2.24) is 4.90 Å². The second kappa shape index (κ2) is 5.89. The van der Waals surface area contributed by atoms with Crippen molar-refractivity contribution in [3.05, 3.63) is 0 Å². The van der Waals surface area contributed by atoms with E-state index in [9.17, 15) is 9.59 Å². The molecule has 2 amide bonds. The molecule has 1 heterocycles. The van der Waals surface area contributed by atoms with E-state index in [1.165, 1.54) is 24.2 Å². The molecule has 1 fully saturated rings. The highest BCUT2D eigenvalue weighted by Gasteiger charge is 2.32.